The molecule has 0 unspecified atom stereocenters. The maximum absolute atomic E-state index is 12.5. The van der Waals surface area contributed by atoms with E-state index in [1.807, 2.05) is 0 Å². The number of aromatic nitrogens is 2. The van der Waals surface area contributed by atoms with Gasteiger partial charge in [0.1, 0.15) is 10.5 Å². The van der Waals surface area contributed by atoms with E-state index in [0.29, 0.717) is 24.0 Å². The molecule has 2 rings (SSSR count). The number of pyridine rings is 1. The van der Waals surface area contributed by atoms with Crippen LogP contribution in [0.1, 0.15) is 19.3 Å². The fraction of sp³-hybridized carbons (Fsp3) is 0.462. The van der Waals surface area contributed by atoms with E-state index in [1.54, 1.807) is 25.4 Å². The van der Waals surface area contributed by atoms with Crippen LogP contribution >= 0.6 is 0 Å². The van der Waals surface area contributed by atoms with Crippen molar-refractivity contribution in [2.45, 2.75) is 24.2 Å². The normalized spacial score (nSPS) is 12.3. The van der Waals surface area contributed by atoms with Gasteiger partial charge in [0, 0.05) is 38.0 Å². The van der Waals surface area contributed by atoms with Crippen molar-refractivity contribution in [2.24, 2.45) is 0 Å². The minimum absolute atomic E-state index is 0.143. The van der Waals surface area contributed by atoms with Crippen molar-refractivity contribution in [3.8, 4) is 0 Å². The molecule has 2 aromatic rings. The first-order valence-corrected chi connectivity index (χ1v) is 8.00. The molecular formula is C13H19N3O3S. The number of aromatic amines is 1. The summed E-state index contributed by atoms with van der Waals surface area (Å²) < 4.78 is 26.3. The Morgan fingerprint density at radius 1 is 1.35 bits per heavy atom. The quantitative estimate of drug-likeness (QED) is 0.755. The Labute approximate surface area is 118 Å². The lowest BCUT2D eigenvalue weighted by molar-refractivity contribution is 0.281. The van der Waals surface area contributed by atoms with Gasteiger partial charge in [-0.3, -0.25) is 0 Å². The zero-order valence-electron chi connectivity index (χ0n) is 11.4. The van der Waals surface area contributed by atoms with Crippen molar-refractivity contribution in [1.29, 1.82) is 0 Å². The molecular weight excluding hydrogens is 278 g/mol. The molecule has 0 aliphatic carbocycles. The maximum Gasteiger partial charge on any atom is 0.245 e. The number of nitrogens with zero attached hydrogens (tertiary/aromatic N) is 2. The van der Waals surface area contributed by atoms with Gasteiger partial charge in [0.25, 0.3) is 0 Å². The predicted octanol–water partition coefficient (Wildman–Crippen LogP) is 1.35. The summed E-state index contributed by atoms with van der Waals surface area (Å²) in [6, 6.07) is 3.46. The van der Waals surface area contributed by atoms with Crippen LogP contribution in [-0.4, -0.2) is 48.0 Å². The molecule has 0 spiro atoms. The van der Waals surface area contributed by atoms with Crippen LogP contribution in [0.25, 0.3) is 11.0 Å². The molecule has 0 fully saturated rings. The first-order valence-electron chi connectivity index (χ1n) is 6.56. The monoisotopic (exact) mass is 297 g/mol. The summed E-state index contributed by atoms with van der Waals surface area (Å²) in [5, 5.41) is 9.32. The Balaban J connectivity index is 2.17. The fourth-order valence-corrected chi connectivity index (χ4v) is 3.41. The number of H-pyrrole nitrogens is 1. The molecule has 0 amide bonds. The molecule has 0 atom stereocenters. The van der Waals surface area contributed by atoms with Gasteiger partial charge in [0.15, 0.2) is 0 Å². The second-order valence-corrected chi connectivity index (χ2v) is 6.68. The molecule has 0 radical (unpaired) electrons. The van der Waals surface area contributed by atoms with Gasteiger partial charge in [-0.05, 0) is 31.4 Å². The van der Waals surface area contributed by atoms with E-state index in [0.717, 1.165) is 12.8 Å². The maximum atomic E-state index is 12.5. The van der Waals surface area contributed by atoms with Gasteiger partial charge >= 0.3 is 0 Å². The van der Waals surface area contributed by atoms with Crippen LogP contribution in [0.15, 0.2) is 29.4 Å². The third-order valence-electron chi connectivity index (χ3n) is 3.23. The molecule has 2 N–H and O–H groups in total. The fourth-order valence-electron chi connectivity index (χ4n) is 2.06. The summed E-state index contributed by atoms with van der Waals surface area (Å²) in [6.07, 6.45) is 5.35. The van der Waals surface area contributed by atoms with Crippen LogP contribution < -0.4 is 0 Å². The summed E-state index contributed by atoms with van der Waals surface area (Å²) in [4.78, 5) is 7.23. The highest BCUT2D eigenvalue weighted by Gasteiger charge is 2.23. The Morgan fingerprint density at radius 2 is 2.15 bits per heavy atom. The zero-order valence-corrected chi connectivity index (χ0v) is 12.2. The van der Waals surface area contributed by atoms with Gasteiger partial charge in [-0.2, -0.15) is 0 Å². The largest absolute Gasteiger partial charge is 0.396 e. The Bertz CT molecular complexity index is 666. The first-order chi connectivity index (χ1) is 9.57. The minimum atomic E-state index is -3.51. The van der Waals surface area contributed by atoms with E-state index in [2.05, 4.69) is 9.97 Å². The van der Waals surface area contributed by atoms with Crippen LogP contribution in [0.2, 0.25) is 0 Å². The summed E-state index contributed by atoms with van der Waals surface area (Å²) in [5.74, 6) is 0. The van der Waals surface area contributed by atoms with E-state index in [4.69, 9.17) is 5.11 Å². The van der Waals surface area contributed by atoms with Gasteiger partial charge in [0.2, 0.25) is 10.0 Å². The number of nitrogens with one attached hydrogen (secondary N) is 1. The molecule has 0 aliphatic heterocycles. The molecule has 0 saturated carbocycles. The Hall–Kier alpha value is -1.44. The molecule has 2 heterocycles. The molecule has 7 heteroatoms. The van der Waals surface area contributed by atoms with Crippen LogP contribution in [0.4, 0.5) is 0 Å². The number of rotatable bonds is 7. The lowest BCUT2D eigenvalue weighted by Crippen LogP contribution is -2.27. The molecule has 0 bridgehead atoms. The molecule has 20 heavy (non-hydrogen) atoms. The number of sulfonamides is 1. The first kappa shape index (κ1) is 15.0. The molecule has 6 nitrogen and oxygen atoms in total. The van der Waals surface area contributed by atoms with Crippen LogP contribution in [-0.2, 0) is 10.0 Å². The van der Waals surface area contributed by atoms with Crippen LogP contribution in [0.3, 0.4) is 0 Å². The lowest BCUT2D eigenvalue weighted by atomic mass is 10.2. The lowest BCUT2D eigenvalue weighted by Gasteiger charge is -2.16. The summed E-state index contributed by atoms with van der Waals surface area (Å²) >= 11 is 0. The van der Waals surface area contributed by atoms with Gasteiger partial charge in [-0.1, -0.05) is 0 Å². The zero-order chi connectivity index (χ0) is 14.6. The van der Waals surface area contributed by atoms with Crippen molar-refractivity contribution in [1.82, 2.24) is 14.3 Å². The van der Waals surface area contributed by atoms with Gasteiger partial charge in [-0.15, -0.1) is 0 Å². The van der Waals surface area contributed by atoms with Crippen LogP contribution in [0.5, 0.6) is 0 Å². The predicted molar refractivity (Wildman–Crippen MR) is 76.8 cm³/mol. The average Bonchev–Trinajstić information content (AvgIpc) is 2.88. The van der Waals surface area contributed by atoms with Crippen molar-refractivity contribution in [3.63, 3.8) is 0 Å². The third-order valence-corrected chi connectivity index (χ3v) is 5.13. The Kier molecular flexibility index (Phi) is 4.74. The van der Waals surface area contributed by atoms with Crippen molar-refractivity contribution < 1.29 is 13.5 Å². The smallest absolute Gasteiger partial charge is 0.245 e. The van der Waals surface area contributed by atoms with Crippen LogP contribution in [0, 0.1) is 0 Å². The van der Waals surface area contributed by atoms with E-state index in [9.17, 15) is 8.42 Å². The second-order valence-electron chi connectivity index (χ2n) is 4.66. The van der Waals surface area contributed by atoms with E-state index >= 15 is 0 Å². The van der Waals surface area contributed by atoms with E-state index < -0.39 is 10.0 Å². The van der Waals surface area contributed by atoms with Gasteiger partial charge in [-0.25, -0.2) is 17.7 Å². The van der Waals surface area contributed by atoms with E-state index in [1.165, 1.54) is 10.5 Å². The highest BCUT2D eigenvalue weighted by molar-refractivity contribution is 7.89. The number of fused-ring (bicyclic) bond motifs is 1. The van der Waals surface area contributed by atoms with Crippen molar-refractivity contribution in [3.05, 3.63) is 24.5 Å². The average molecular weight is 297 g/mol. The number of unbranched alkanes of at least 4 members (excludes halogenated alkanes) is 2. The topological polar surface area (TPSA) is 86.3 Å². The summed E-state index contributed by atoms with van der Waals surface area (Å²) in [7, 11) is -1.94. The second kappa shape index (κ2) is 6.34. The molecule has 2 aromatic heterocycles. The van der Waals surface area contributed by atoms with Crippen molar-refractivity contribution >= 4 is 21.1 Å². The molecule has 0 aromatic carbocycles. The molecule has 110 valence electrons. The minimum Gasteiger partial charge on any atom is -0.396 e. The number of hydrogen-bond donors (Lipinski definition) is 2. The van der Waals surface area contributed by atoms with Gasteiger partial charge < -0.3 is 10.1 Å². The van der Waals surface area contributed by atoms with Crippen molar-refractivity contribution in [2.75, 3.05) is 20.2 Å². The highest BCUT2D eigenvalue weighted by atomic mass is 32.2. The molecule has 0 aliphatic rings. The highest BCUT2D eigenvalue weighted by Crippen LogP contribution is 2.23. The SMILES string of the molecule is CN(CCCCCO)S(=O)(=O)c1c[nH]c2ncccc12. The Morgan fingerprint density at radius 3 is 2.90 bits per heavy atom. The summed E-state index contributed by atoms with van der Waals surface area (Å²) in [5.41, 5.74) is 0.569. The van der Waals surface area contributed by atoms with Gasteiger partial charge in [0.05, 0.1) is 0 Å². The summed E-state index contributed by atoms with van der Waals surface area (Å²) in [6.45, 7) is 0.583. The standard InChI is InChI=1S/C13H19N3O3S/c1-16(8-3-2-4-9-17)20(18,19)12-10-15-13-11(12)6-5-7-14-13/h5-7,10,17H,2-4,8-9H2,1H3,(H,14,15). The number of hydrogen-bond acceptors (Lipinski definition) is 4. The third kappa shape index (κ3) is 3.00. The molecule has 0 saturated heterocycles. The van der Waals surface area contributed by atoms with E-state index in [-0.39, 0.29) is 11.5 Å². The number of aliphatic hydroxyl groups is 1. The number of aliphatic hydroxyl groups excluding tert-OH is 1.